The average Bonchev–Trinajstić information content (AvgIpc) is 3.13. The van der Waals surface area contributed by atoms with E-state index in [1.165, 1.54) is 17.6 Å². The van der Waals surface area contributed by atoms with E-state index in [0.717, 1.165) is 4.88 Å². The van der Waals surface area contributed by atoms with Crippen LogP contribution in [0, 0.1) is 0 Å². The Labute approximate surface area is 131 Å². The number of carboxylic acid groups (broad SMARTS) is 1. The zero-order valence-electron chi connectivity index (χ0n) is 11.8. The van der Waals surface area contributed by atoms with Crippen molar-refractivity contribution < 1.29 is 19.1 Å². The van der Waals surface area contributed by atoms with Crippen molar-refractivity contribution in [3.8, 4) is 10.8 Å². The Bertz CT molecular complexity index is 648. The van der Waals surface area contributed by atoms with Crippen molar-refractivity contribution in [2.24, 2.45) is 0 Å². The number of aromatic nitrogens is 1. The Balaban J connectivity index is 1.93. The van der Waals surface area contributed by atoms with Crippen LogP contribution in [0.1, 0.15) is 18.5 Å². The van der Waals surface area contributed by atoms with Crippen LogP contribution in [0.5, 0.6) is 0 Å². The van der Waals surface area contributed by atoms with E-state index in [1.54, 1.807) is 6.08 Å². The summed E-state index contributed by atoms with van der Waals surface area (Å²) in [6.07, 6.45) is 3.83. The molecule has 1 unspecified atom stereocenters. The lowest BCUT2D eigenvalue weighted by Gasteiger charge is -2.12. The molecule has 2 aromatic rings. The molecule has 2 N–H and O–H groups in total. The summed E-state index contributed by atoms with van der Waals surface area (Å²) in [5.74, 6) is -1.00. The lowest BCUT2D eigenvalue weighted by molar-refractivity contribution is -0.141. The third-order valence-corrected chi connectivity index (χ3v) is 3.78. The molecule has 6 nitrogen and oxygen atoms in total. The van der Waals surface area contributed by atoms with Gasteiger partial charge >= 0.3 is 5.97 Å². The minimum Gasteiger partial charge on any atom is -0.480 e. The summed E-state index contributed by atoms with van der Waals surface area (Å²) in [6, 6.07) is 2.83. The monoisotopic (exact) mass is 320 g/mol. The Morgan fingerprint density at radius 2 is 2.36 bits per heavy atom. The quantitative estimate of drug-likeness (QED) is 0.729. The fraction of sp³-hybridized carbons (Fsp3) is 0.267. The molecule has 1 amide bonds. The van der Waals surface area contributed by atoms with Crippen LogP contribution in [0.2, 0.25) is 0 Å². The molecular formula is C15H16N2O4S. The number of oxazole rings is 1. The molecule has 1 atom stereocenters. The molecule has 0 aliphatic heterocycles. The number of amides is 1. The van der Waals surface area contributed by atoms with Crippen LogP contribution in [-0.2, 0) is 16.0 Å². The molecule has 0 saturated heterocycles. The van der Waals surface area contributed by atoms with Gasteiger partial charge in [0.15, 0.2) is 0 Å². The SMILES string of the molecule is C=CCCC(NC(=O)Cc1coc(-c2cccs2)n1)C(=O)O. The van der Waals surface area contributed by atoms with Crippen molar-refractivity contribution >= 4 is 23.2 Å². The van der Waals surface area contributed by atoms with Crippen LogP contribution in [0.3, 0.4) is 0 Å². The lowest BCUT2D eigenvalue weighted by Crippen LogP contribution is -2.41. The van der Waals surface area contributed by atoms with Crippen LogP contribution in [0.25, 0.3) is 10.8 Å². The largest absolute Gasteiger partial charge is 0.480 e. The average molecular weight is 320 g/mol. The van der Waals surface area contributed by atoms with Gasteiger partial charge in [-0.25, -0.2) is 9.78 Å². The van der Waals surface area contributed by atoms with Gasteiger partial charge < -0.3 is 14.8 Å². The van der Waals surface area contributed by atoms with Crippen molar-refractivity contribution in [2.75, 3.05) is 0 Å². The lowest BCUT2D eigenvalue weighted by atomic mass is 10.1. The predicted molar refractivity (Wildman–Crippen MR) is 82.5 cm³/mol. The van der Waals surface area contributed by atoms with Crippen molar-refractivity contribution in [1.29, 1.82) is 0 Å². The van der Waals surface area contributed by atoms with E-state index in [-0.39, 0.29) is 6.42 Å². The van der Waals surface area contributed by atoms with Crippen LogP contribution in [-0.4, -0.2) is 28.0 Å². The number of allylic oxidation sites excluding steroid dienone is 1. The highest BCUT2D eigenvalue weighted by molar-refractivity contribution is 7.13. The number of hydrogen-bond donors (Lipinski definition) is 2. The topological polar surface area (TPSA) is 92.4 Å². The maximum Gasteiger partial charge on any atom is 0.326 e. The van der Waals surface area contributed by atoms with Crippen LogP contribution in [0.15, 0.2) is 40.8 Å². The summed E-state index contributed by atoms with van der Waals surface area (Å²) in [5.41, 5.74) is 0.466. The predicted octanol–water partition coefficient (Wildman–Crippen LogP) is 2.48. The number of carboxylic acids is 1. The molecular weight excluding hydrogens is 304 g/mol. The van der Waals surface area contributed by atoms with Gasteiger partial charge in [-0.2, -0.15) is 0 Å². The number of carbonyl (C=O) groups is 2. The molecule has 0 spiro atoms. The van der Waals surface area contributed by atoms with E-state index in [4.69, 9.17) is 9.52 Å². The fourth-order valence-corrected chi connectivity index (χ4v) is 2.51. The first-order chi connectivity index (χ1) is 10.6. The Hall–Kier alpha value is -2.41. The maximum atomic E-state index is 11.9. The molecule has 0 radical (unpaired) electrons. The van der Waals surface area contributed by atoms with E-state index >= 15 is 0 Å². The van der Waals surface area contributed by atoms with Gasteiger partial charge in [-0.3, -0.25) is 4.79 Å². The second-order valence-corrected chi connectivity index (χ2v) is 5.57. The molecule has 0 aromatic carbocycles. The zero-order chi connectivity index (χ0) is 15.9. The van der Waals surface area contributed by atoms with E-state index in [0.29, 0.717) is 24.4 Å². The van der Waals surface area contributed by atoms with Crippen molar-refractivity contribution in [1.82, 2.24) is 10.3 Å². The minimum atomic E-state index is -1.06. The second kappa shape index (κ2) is 7.56. The molecule has 2 rings (SSSR count). The van der Waals surface area contributed by atoms with Gasteiger partial charge in [0, 0.05) is 0 Å². The summed E-state index contributed by atoms with van der Waals surface area (Å²) >= 11 is 1.49. The molecule has 22 heavy (non-hydrogen) atoms. The second-order valence-electron chi connectivity index (χ2n) is 4.62. The molecule has 116 valence electrons. The highest BCUT2D eigenvalue weighted by Crippen LogP contribution is 2.23. The van der Waals surface area contributed by atoms with Gasteiger partial charge in [0.1, 0.15) is 12.3 Å². The van der Waals surface area contributed by atoms with E-state index < -0.39 is 17.9 Å². The molecule has 0 bridgehead atoms. The Morgan fingerprint density at radius 1 is 1.55 bits per heavy atom. The standard InChI is InChI=1S/C15H16N2O4S/c1-2-3-5-11(15(19)20)17-13(18)8-10-9-21-14(16-10)12-6-4-7-22-12/h2,4,6-7,9,11H,1,3,5,8H2,(H,17,18)(H,19,20). The summed E-state index contributed by atoms with van der Waals surface area (Å²) < 4.78 is 5.32. The minimum absolute atomic E-state index is 0.0211. The van der Waals surface area contributed by atoms with E-state index in [9.17, 15) is 9.59 Å². The summed E-state index contributed by atoms with van der Waals surface area (Å²) in [5, 5.41) is 13.4. The molecule has 0 saturated carbocycles. The van der Waals surface area contributed by atoms with Gasteiger partial charge in [-0.15, -0.1) is 17.9 Å². The number of nitrogens with zero attached hydrogens (tertiary/aromatic N) is 1. The molecule has 0 fully saturated rings. The highest BCUT2D eigenvalue weighted by atomic mass is 32.1. The number of thiophene rings is 1. The fourth-order valence-electron chi connectivity index (χ4n) is 1.85. The van der Waals surface area contributed by atoms with Crippen molar-refractivity contribution in [3.63, 3.8) is 0 Å². The van der Waals surface area contributed by atoms with Gasteiger partial charge in [-0.05, 0) is 24.3 Å². The number of aliphatic carboxylic acids is 1. The number of rotatable bonds is 8. The van der Waals surface area contributed by atoms with Crippen molar-refractivity contribution in [2.45, 2.75) is 25.3 Å². The third-order valence-electron chi connectivity index (χ3n) is 2.92. The Morgan fingerprint density at radius 3 is 3.00 bits per heavy atom. The van der Waals surface area contributed by atoms with E-state index in [2.05, 4.69) is 16.9 Å². The first kappa shape index (κ1) is 16.0. The molecule has 7 heteroatoms. The maximum absolute atomic E-state index is 11.9. The van der Waals surface area contributed by atoms with Gasteiger partial charge in [0.2, 0.25) is 11.8 Å². The van der Waals surface area contributed by atoms with Crippen LogP contribution in [0.4, 0.5) is 0 Å². The number of nitrogens with one attached hydrogen (secondary N) is 1. The third kappa shape index (κ3) is 4.29. The Kier molecular flexibility index (Phi) is 5.48. The van der Waals surface area contributed by atoms with E-state index in [1.807, 2.05) is 17.5 Å². The summed E-state index contributed by atoms with van der Waals surface area (Å²) in [6.45, 7) is 3.54. The summed E-state index contributed by atoms with van der Waals surface area (Å²) in [4.78, 5) is 28.1. The molecule has 2 heterocycles. The number of hydrogen-bond acceptors (Lipinski definition) is 5. The van der Waals surface area contributed by atoms with Gasteiger partial charge in [-0.1, -0.05) is 12.1 Å². The van der Waals surface area contributed by atoms with Gasteiger partial charge in [0.05, 0.1) is 17.0 Å². The van der Waals surface area contributed by atoms with Crippen LogP contribution < -0.4 is 5.32 Å². The summed E-state index contributed by atoms with van der Waals surface area (Å²) in [7, 11) is 0. The van der Waals surface area contributed by atoms with Crippen molar-refractivity contribution in [3.05, 3.63) is 42.1 Å². The normalized spacial score (nSPS) is 11.8. The molecule has 0 aliphatic rings. The number of carbonyl (C=O) groups excluding carboxylic acids is 1. The molecule has 2 aromatic heterocycles. The zero-order valence-corrected chi connectivity index (χ0v) is 12.6. The smallest absolute Gasteiger partial charge is 0.326 e. The van der Waals surface area contributed by atoms with Crippen LogP contribution >= 0.6 is 11.3 Å². The first-order valence-corrected chi connectivity index (χ1v) is 7.59. The highest BCUT2D eigenvalue weighted by Gasteiger charge is 2.20. The van der Waals surface area contributed by atoms with Gasteiger partial charge in [0.25, 0.3) is 0 Å². The molecule has 0 aliphatic carbocycles. The first-order valence-electron chi connectivity index (χ1n) is 6.71.